The Balaban J connectivity index is 1.59. The third kappa shape index (κ3) is 3.16. The van der Waals surface area contributed by atoms with Crippen molar-refractivity contribution in [2.45, 2.75) is 11.7 Å². The molecule has 0 saturated heterocycles. The first kappa shape index (κ1) is 17.0. The molecule has 0 unspecified atom stereocenters. The summed E-state index contributed by atoms with van der Waals surface area (Å²) in [6.45, 7) is 0.910. The first-order chi connectivity index (χ1) is 13.8. The van der Waals surface area contributed by atoms with Gasteiger partial charge in [0.25, 0.3) is 0 Å². The Morgan fingerprint density at radius 1 is 0.964 bits per heavy atom. The van der Waals surface area contributed by atoms with E-state index in [9.17, 15) is 4.39 Å². The number of thioether (sulfide) groups is 1. The van der Waals surface area contributed by atoms with Gasteiger partial charge in [0, 0.05) is 35.3 Å². The smallest absolute Gasteiger partial charge is 0.169 e. The predicted molar refractivity (Wildman–Crippen MR) is 111 cm³/mol. The topological polar surface area (TPSA) is 42.7 Å². The van der Waals surface area contributed by atoms with Gasteiger partial charge in [0.1, 0.15) is 11.6 Å². The van der Waals surface area contributed by atoms with Crippen LogP contribution < -0.4 is 5.32 Å². The van der Waals surface area contributed by atoms with Crippen molar-refractivity contribution in [2.75, 3.05) is 11.1 Å². The van der Waals surface area contributed by atoms with E-state index >= 15 is 0 Å². The fourth-order valence-corrected chi connectivity index (χ4v) is 4.35. The Bertz CT molecular complexity index is 1120. The van der Waals surface area contributed by atoms with Gasteiger partial charge in [-0.05, 0) is 48.5 Å². The summed E-state index contributed by atoms with van der Waals surface area (Å²) in [5, 5.41) is 4.35. The molecule has 0 aliphatic carbocycles. The molecule has 0 atom stereocenters. The van der Waals surface area contributed by atoms with Crippen molar-refractivity contribution in [2.24, 2.45) is 0 Å². The molecule has 0 amide bonds. The lowest BCUT2D eigenvalue weighted by molar-refractivity contribution is 0.628. The Hall–Kier alpha value is -3.12. The number of aromatic nitrogens is 3. The van der Waals surface area contributed by atoms with Crippen molar-refractivity contribution in [3.8, 4) is 22.5 Å². The number of benzene rings is 2. The number of rotatable bonds is 4. The van der Waals surface area contributed by atoms with E-state index in [0.29, 0.717) is 0 Å². The molecule has 4 nitrogen and oxygen atoms in total. The average Bonchev–Trinajstić information content (AvgIpc) is 3.31. The van der Waals surface area contributed by atoms with Gasteiger partial charge in [0.15, 0.2) is 5.16 Å². The molecule has 4 aromatic rings. The molecular formula is C22H17FN4S. The van der Waals surface area contributed by atoms with Crippen LogP contribution >= 0.6 is 11.8 Å². The van der Waals surface area contributed by atoms with Crippen molar-refractivity contribution >= 4 is 23.3 Å². The lowest BCUT2D eigenvalue weighted by Crippen LogP contribution is -1.99. The SMILES string of the molecule is Fc1ccc(-c2nc3n(c2-c2ccnc(Nc4ccccc4)c2)CCS3)cc1. The van der Waals surface area contributed by atoms with Crippen LogP contribution in [0.1, 0.15) is 0 Å². The number of imidazole rings is 1. The fourth-order valence-electron chi connectivity index (χ4n) is 3.40. The molecule has 3 heterocycles. The number of nitrogens with zero attached hydrogens (tertiary/aromatic N) is 3. The zero-order valence-corrected chi connectivity index (χ0v) is 15.8. The Morgan fingerprint density at radius 2 is 1.79 bits per heavy atom. The summed E-state index contributed by atoms with van der Waals surface area (Å²) in [6, 6.07) is 20.5. The molecule has 6 heteroatoms. The molecule has 28 heavy (non-hydrogen) atoms. The summed E-state index contributed by atoms with van der Waals surface area (Å²) in [4.78, 5) is 9.30. The predicted octanol–water partition coefficient (Wildman–Crippen LogP) is 5.60. The average molecular weight is 388 g/mol. The maximum atomic E-state index is 13.4. The van der Waals surface area contributed by atoms with Crippen LogP contribution in [0.15, 0.2) is 78.1 Å². The summed E-state index contributed by atoms with van der Waals surface area (Å²) in [5.41, 5.74) is 4.85. The zero-order valence-electron chi connectivity index (χ0n) is 15.0. The number of anilines is 2. The van der Waals surface area contributed by atoms with Crippen molar-refractivity contribution in [1.29, 1.82) is 0 Å². The van der Waals surface area contributed by atoms with Crippen LogP contribution in [0.3, 0.4) is 0 Å². The van der Waals surface area contributed by atoms with Gasteiger partial charge < -0.3 is 9.88 Å². The van der Waals surface area contributed by atoms with Crippen molar-refractivity contribution in [1.82, 2.24) is 14.5 Å². The van der Waals surface area contributed by atoms with Gasteiger partial charge in [-0.25, -0.2) is 14.4 Å². The molecule has 0 radical (unpaired) electrons. The molecule has 0 fully saturated rings. The number of halogens is 1. The highest BCUT2D eigenvalue weighted by molar-refractivity contribution is 7.99. The molecule has 1 aliphatic rings. The molecule has 2 aromatic carbocycles. The highest BCUT2D eigenvalue weighted by Crippen LogP contribution is 2.39. The van der Waals surface area contributed by atoms with Crippen LogP contribution in [0.5, 0.6) is 0 Å². The highest BCUT2D eigenvalue weighted by Gasteiger charge is 2.24. The summed E-state index contributed by atoms with van der Waals surface area (Å²) in [5.74, 6) is 1.54. The Labute approximate surface area is 166 Å². The quantitative estimate of drug-likeness (QED) is 0.494. The maximum Gasteiger partial charge on any atom is 0.169 e. The van der Waals surface area contributed by atoms with Crippen LogP contribution in [0.4, 0.5) is 15.9 Å². The lowest BCUT2D eigenvalue weighted by atomic mass is 10.1. The minimum absolute atomic E-state index is 0.246. The van der Waals surface area contributed by atoms with Crippen molar-refractivity contribution in [3.05, 3.63) is 78.7 Å². The summed E-state index contributed by atoms with van der Waals surface area (Å²) >= 11 is 1.75. The number of pyridine rings is 1. The van der Waals surface area contributed by atoms with E-state index in [1.807, 2.05) is 42.5 Å². The monoisotopic (exact) mass is 388 g/mol. The second kappa shape index (κ2) is 7.13. The molecule has 5 rings (SSSR count). The minimum Gasteiger partial charge on any atom is -0.340 e. The molecule has 1 N–H and O–H groups in total. The summed E-state index contributed by atoms with van der Waals surface area (Å²) < 4.78 is 15.6. The van der Waals surface area contributed by atoms with E-state index in [-0.39, 0.29) is 5.82 Å². The van der Waals surface area contributed by atoms with Gasteiger partial charge in [-0.15, -0.1) is 0 Å². The largest absolute Gasteiger partial charge is 0.340 e. The lowest BCUT2D eigenvalue weighted by Gasteiger charge is -2.11. The standard InChI is InChI=1S/C22H17FN4S/c23-17-8-6-15(7-9-17)20-21(27-12-13-28-22(27)26-20)16-10-11-24-19(14-16)25-18-4-2-1-3-5-18/h1-11,14H,12-13H2,(H,24,25). The van der Waals surface area contributed by atoms with Crippen LogP contribution in [-0.4, -0.2) is 20.3 Å². The molecule has 2 aromatic heterocycles. The first-order valence-electron chi connectivity index (χ1n) is 9.06. The van der Waals surface area contributed by atoms with Crippen LogP contribution in [-0.2, 0) is 6.54 Å². The fraction of sp³-hybridized carbons (Fsp3) is 0.0909. The molecule has 0 spiro atoms. The third-order valence-electron chi connectivity index (χ3n) is 4.68. The second-order valence-electron chi connectivity index (χ2n) is 6.52. The highest BCUT2D eigenvalue weighted by atomic mass is 32.2. The number of para-hydroxylation sites is 1. The Morgan fingerprint density at radius 3 is 2.61 bits per heavy atom. The van der Waals surface area contributed by atoms with E-state index in [0.717, 1.165) is 51.5 Å². The van der Waals surface area contributed by atoms with Gasteiger partial charge in [0.2, 0.25) is 0 Å². The van der Waals surface area contributed by atoms with Gasteiger partial charge in [0.05, 0.1) is 11.4 Å². The first-order valence-corrected chi connectivity index (χ1v) is 10.0. The van der Waals surface area contributed by atoms with E-state index in [2.05, 4.69) is 14.9 Å². The van der Waals surface area contributed by atoms with E-state index in [1.165, 1.54) is 12.1 Å². The number of hydrogen-bond acceptors (Lipinski definition) is 4. The summed E-state index contributed by atoms with van der Waals surface area (Å²) in [7, 11) is 0. The van der Waals surface area contributed by atoms with E-state index in [4.69, 9.17) is 4.98 Å². The van der Waals surface area contributed by atoms with Crippen molar-refractivity contribution in [3.63, 3.8) is 0 Å². The van der Waals surface area contributed by atoms with Crippen LogP contribution in [0.2, 0.25) is 0 Å². The number of hydrogen-bond donors (Lipinski definition) is 1. The van der Waals surface area contributed by atoms with Gasteiger partial charge in [-0.2, -0.15) is 0 Å². The molecule has 0 saturated carbocycles. The van der Waals surface area contributed by atoms with Crippen LogP contribution in [0.25, 0.3) is 22.5 Å². The molecular weight excluding hydrogens is 371 g/mol. The van der Waals surface area contributed by atoms with E-state index < -0.39 is 0 Å². The second-order valence-corrected chi connectivity index (χ2v) is 7.58. The summed E-state index contributed by atoms with van der Waals surface area (Å²) in [6.07, 6.45) is 1.80. The Kier molecular flexibility index (Phi) is 4.33. The van der Waals surface area contributed by atoms with Gasteiger partial charge >= 0.3 is 0 Å². The normalized spacial score (nSPS) is 12.8. The number of nitrogens with one attached hydrogen (secondary N) is 1. The van der Waals surface area contributed by atoms with Crippen LogP contribution in [0, 0.1) is 5.82 Å². The number of fused-ring (bicyclic) bond motifs is 1. The van der Waals surface area contributed by atoms with Gasteiger partial charge in [-0.3, -0.25) is 0 Å². The maximum absolute atomic E-state index is 13.4. The minimum atomic E-state index is -0.246. The van der Waals surface area contributed by atoms with Gasteiger partial charge in [-0.1, -0.05) is 30.0 Å². The van der Waals surface area contributed by atoms with E-state index in [1.54, 1.807) is 30.1 Å². The zero-order chi connectivity index (χ0) is 18.9. The molecule has 1 aliphatic heterocycles. The third-order valence-corrected chi connectivity index (χ3v) is 5.63. The molecule has 138 valence electrons. The molecule has 0 bridgehead atoms. The van der Waals surface area contributed by atoms with Crippen molar-refractivity contribution < 1.29 is 4.39 Å².